The highest BCUT2D eigenvalue weighted by molar-refractivity contribution is 5.87. The van der Waals surface area contributed by atoms with Crippen LogP contribution in [-0.4, -0.2) is 19.7 Å². The molecule has 0 spiro atoms. The van der Waals surface area contributed by atoms with Crippen LogP contribution in [0.5, 0.6) is 11.5 Å². The number of aryl methyl sites for hydroxylation is 1. The van der Waals surface area contributed by atoms with Crippen LogP contribution in [0.1, 0.15) is 42.3 Å². The van der Waals surface area contributed by atoms with Crippen LogP contribution in [-0.2, 0) is 22.6 Å². The van der Waals surface area contributed by atoms with Gasteiger partial charge in [0.05, 0.1) is 20.1 Å². The Hall–Kier alpha value is -3.77. The highest BCUT2D eigenvalue weighted by atomic mass is 16.5. The number of carbonyl (C=O) groups excluding carboxylic acids is 1. The Labute approximate surface area is 205 Å². The molecular weight excluding hydrogens is 442 g/mol. The number of benzene rings is 3. The fraction of sp³-hybridized carbons (Fsp3) is 0.276. The minimum atomic E-state index is -0.300. The molecule has 35 heavy (non-hydrogen) atoms. The molecule has 182 valence electrons. The summed E-state index contributed by atoms with van der Waals surface area (Å²) < 4.78 is 22.7. The van der Waals surface area contributed by atoms with E-state index in [1.807, 2.05) is 44.2 Å². The molecule has 4 aromatic rings. The summed E-state index contributed by atoms with van der Waals surface area (Å²) in [6.45, 7) is 6.31. The van der Waals surface area contributed by atoms with E-state index in [-0.39, 0.29) is 25.0 Å². The van der Waals surface area contributed by atoms with Gasteiger partial charge in [-0.15, -0.1) is 0 Å². The molecule has 0 aliphatic carbocycles. The molecule has 1 aromatic heterocycles. The lowest BCUT2D eigenvalue weighted by Gasteiger charge is -2.13. The normalized spacial score (nSPS) is 11.9. The van der Waals surface area contributed by atoms with Gasteiger partial charge in [0.1, 0.15) is 29.4 Å². The van der Waals surface area contributed by atoms with Gasteiger partial charge in [0.2, 0.25) is 0 Å². The minimum absolute atomic E-state index is 0.0366. The third kappa shape index (κ3) is 5.49. The van der Waals surface area contributed by atoms with Crippen molar-refractivity contribution in [1.29, 1.82) is 0 Å². The predicted molar refractivity (Wildman–Crippen MR) is 137 cm³/mol. The van der Waals surface area contributed by atoms with Crippen molar-refractivity contribution in [2.75, 3.05) is 13.7 Å². The lowest BCUT2D eigenvalue weighted by molar-refractivity contribution is -0.142. The van der Waals surface area contributed by atoms with Gasteiger partial charge < -0.3 is 24.4 Å². The van der Waals surface area contributed by atoms with Gasteiger partial charge in [0, 0.05) is 28.6 Å². The number of hydrogen-bond donors (Lipinski definition) is 1. The lowest BCUT2D eigenvalue weighted by Crippen LogP contribution is -2.09. The number of fused-ring (bicyclic) bond motifs is 1. The first kappa shape index (κ1) is 24.4. The van der Waals surface area contributed by atoms with Crippen LogP contribution in [0, 0.1) is 6.92 Å². The molecular formula is C29H31NO5. The quantitative estimate of drug-likeness (QED) is 0.295. The van der Waals surface area contributed by atoms with Gasteiger partial charge in [-0.3, -0.25) is 4.79 Å². The second-order valence-electron chi connectivity index (χ2n) is 8.51. The first-order valence-electron chi connectivity index (χ1n) is 11.7. The zero-order valence-corrected chi connectivity index (χ0v) is 20.6. The van der Waals surface area contributed by atoms with Crippen LogP contribution >= 0.6 is 0 Å². The van der Waals surface area contributed by atoms with Crippen molar-refractivity contribution >= 4 is 16.9 Å². The zero-order valence-electron chi connectivity index (χ0n) is 20.6. The number of carbonyl (C=O) groups is 1. The van der Waals surface area contributed by atoms with Crippen molar-refractivity contribution in [2.24, 2.45) is 5.73 Å². The molecule has 6 nitrogen and oxygen atoms in total. The first-order valence-corrected chi connectivity index (χ1v) is 11.7. The van der Waals surface area contributed by atoms with Crippen LogP contribution in [0.3, 0.4) is 0 Å². The van der Waals surface area contributed by atoms with E-state index in [0.717, 1.165) is 44.5 Å². The average molecular weight is 474 g/mol. The summed E-state index contributed by atoms with van der Waals surface area (Å²) >= 11 is 0. The van der Waals surface area contributed by atoms with Crippen LogP contribution in [0.25, 0.3) is 22.1 Å². The number of rotatable bonds is 9. The summed E-state index contributed by atoms with van der Waals surface area (Å²) in [6.07, 6.45) is 0.123. The van der Waals surface area contributed by atoms with Crippen molar-refractivity contribution in [3.63, 3.8) is 0 Å². The van der Waals surface area contributed by atoms with Gasteiger partial charge in [-0.25, -0.2) is 0 Å². The van der Waals surface area contributed by atoms with E-state index in [9.17, 15) is 4.79 Å². The number of ether oxygens (including phenoxy) is 3. The monoisotopic (exact) mass is 473 g/mol. The van der Waals surface area contributed by atoms with E-state index in [4.69, 9.17) is 24.4 Å². The molecule has 1 atom stereocenters. The van der Waals surface area contributed by atoms with E-state index in [1.54, 1.807) is 20.1 Å². The molecule has 2 N–H and O–H groups in total. The van der Waals surface area contributed by atoms with Gasteiger partial charge in [-0.1, -0.05) is 30.3 Å². The van der Waals surface area contributed by atoms with Gasteiger partial charge >= 0.3 is 5.97 Å². The molecule has 3 aromatic carbocycles. The predicted octanol–water partition coefficient (Wildman–Crippen LogP) is 6.12. The van der Waals surface area contributed by atoms with Crippen molar-refractivity contribution in [3.8, 4) is 22.6 Å². The molecule has 0 fully saturated rings. The summed E-state index contributed by atoms with van der Waals surface area (Å²) in [5.74, 6) is 1.71. The summed E-state index contributed by atoms with van der Waals surface area (Å²) in [6, 6.07) is 19.8. The maximum absolute atomic E-state index is 12.1. The first-order chi connectivity index (χ1) is 16.9. The van der Waals surface area contributed by atoms with Crippen molar-refractivity contribution in [3.05, 3.63) is 83.1 Å². The molecule has 0 amide bonds. The summed E-state index contributed by atoms with van der Waals surface area (Å²) in [7, 11) is 1.60. The van der Waals surface area contributed by atoms with Crippen molar-refractivity contribution in [2.45, 2.75) is 39.8 Å². The zero-order chi connectivity index (χ0) is 24.9. The van der Waals surface area contributed by atoms with Crippen LogP contribution in [0.4, 0.5) is 0 Å². The van der Waals surface area contributed by atoms with Gasteiger partial charge in [0.15, 0.2) is 0 Å². The number of methoxy groups -OCH3 is 1. The Morgan fingerprint density at radius 3 is 2.60 bits per heavy atom. The van der Waals surface area contributed by atoms with E-state index in [1.165, 1.54) is 0 Å². The summed E-state index contributed by atoms with van der Waals surface area (Å²) in [5.41, 5.74) is 11.8. The van der Waals surface area contributed by atoms with Gasteiger partial charge in [0.25, 0.3) is 0 Å². The highest BCUT2D eigenvalue weighted by Crippen LogP contribution is 2.33. The van der Waals surface area contributed by atoms with E-state index in [2.05, 4.69) is 24.3 Å². The number of esters is 1. The average Bonchev–Trinajstić information content (AvgIpc) is 3.17. The maximum Gasteiger partial charge on any atom is 0.310 e. The Morgan fingerprint density at radius 1 is 1.06 bits per heavy atom. The van der Waals surface area contributed by atoms with Crippen LogP contribution < -0.4 is 15.2 Å². The third-order valence-electron chi connectivity index (χ3n) is 6.02. The molecule has 0 unspecified atom stereocenters. The summed E-state index contributed by atoms with van der Waals surface area (Å²) in [5, 5.41) is 0.987. The van der Waals surface area contributed by atoms with Crippen molar-refractivity contribution in [1.82, 2.24) is 0 Å². The second kappa shape index (κ2) is 10.7. The number of furan rings is 1. The molecule has 0 bridgehead atoms. The molecule has 6 heteroatoms. The Balaban J connectivity index is 1.65. The van der Waals surface area contributed by atoms with E-state index in [0.29, 0.717) is 18.1 Å². The van der Waals surface area contributed by atoms with Gasteiger partial charge in [-0.2, -0.15) is 0 Å². The highest BCUT2D eigenvalue weighted by Gasteiger charge is 2.16. The van der Waals surface area contributed by atoms with E-state index >= 15 is 0 Å². The molecule has 0 aliphatic rings. The Kier molecular flexibility index (Phi) is 7.42. The standard InChI is InChI=1S/C29H31NO5/c1-5-33-29(31)15-23-9-11-24(32-4)16-28(23)34-17-26-19(3)35-27-12-10-22(14-25(26)27)21-8-6-7-20(13-21)18(2)30/h6-14,16,18H,5,15,17,30H2,1-4H3/t18-/m1/s1. The Morgan fingerprint density at radius 2 is 1.86 bits per heavy atom. The SMILES string of the molecule is CCOC(=O)Cc1ccc(OC)cc1OCc1c(C)oc2ccc(-c3cccc([C@@H](C)N)c3)cc12. The minimum Gasteiger partial charge on any atom is -0.497 e. The molecule has 0 aliphatic heterocycles. The largest absolute Gasteiger partial charge is 0.497 e. The van der Waals surface area contributed by atoms with Crippen LogP contribution in [0.2, 0.25) is 0 Å². The second-order valence-corrected chi connectivity index (χ2v) is 8.51. The smallest absolute Gasteiger partial charge is 0.310 e. The van der Waals surface area contributed by atoms with Crippen LogP contribution in [0.15, 0.2) is 65.1 Å². The fourth-order valence-corrected chi connectivity index (χ4v) is 4.09. The molecule has 4 rings (SSSR count). The third-order valence-corrected chi connectivity index (χ3v) is 6.02. The maximum atomic E-state index is 12.1. The lowest BCUT2D eigenvalue weighted by atomic mass is 9.98. The number of nitrogens with two attached hydrogens (primary N) is 1. The molecule has 0 radical (unpaired) electrons. The number of hydrogen-bond acceptors (Lipinski definition) is 6. The fourth-order valence-electron chi connectivity index (χ4n) is 4.09. The molecule has 1 heterocycles. The van der Waals surface area contributed by atoms with E-state index < -0.39 is 0 Å². The summed E-state index contributed by atoms with van der Waals surface area (Å²) in [4.78, 5) is 12.1. The molecule has 0 saturated carbocycles. The topological polar surface area (TPSA) is 83.9 Å². The molecule has 0 saturated heterocycles. The Bertz CT molecular complexity index is 1340. The van der Waals surface area contributed by atoms with Gasteiger partial charge in [-0.05, 0) is 61.7 Å². The van der Waals surface area contributed by atoms with Crippen molar-refractivity contribution < 1.29 is 23.4 Å².